The third kappa shape index (κ3) is 3.38. The first-order chi connectivity index (χ1) is 11.5. The molecule has 6 nitrogen and oxygen atoms in total. The first-order valence-corrected chi connectivity index (χ1v) is 7.70. The highest BCUT2D eigenvalue weighted by molar-refractivity contribution is 6.30. The van der Waals surface area contributed by atoms with Crippen molar-refractivity contribution < 1.29 is 32.3 Å². The van der Waals surface area contributed by atoms with Gasteiger partial charge in [-0.15, -0.1) is 0 Å². The molecule has 0 atom stereocenters. The summed E-state index contributed by atoms with van der Waals surface area (Å²) in [6, 6.07) is 6.05. The van der Waals surface area contributed by atoms with Crippen LogP contribution in [-0.2, 0) is 14.4 Å². The van der Waals surface area contributed by atoms with Crippen LogP contribution >= 0.6 is 11.6 Å². The van der Waals surface area contributed by atoms with Crippen LogP contribution in [-0.4, -0.2) is 40.8 Å². The van der Waals surface area contributed by atoms with Crippen molar-refractivity contribution in [1.82, 2.24) is 5.06 Å². The fraction of sp³-hybridized carbons (Fsp3) is 0.467. The molecular formula is C15H14ClF3N2O4. The van der Waals surface area contributed by atoms with Gasteiger partial charge in [-0.25, -0.2) is 4.79 Å². The molecule has 0 radical (unpaired) electrons. The van der Waals surface area contributed by atoms with Gasteiger partial charge in [0, 0.05) is 10.6 Å². The van der Waals surface area contributed by atoms with E-state index in [0.29, 0.717) is 15.8 Å². The average molecular weight is 379 g/mol. The number of amides is 1. The number of rotatable bonds is 4. The number of nitrogens with zero attached hydrogens (tertiary/aromatic N) is 1. The maximum Gasteiger partial charge on any atom is 0.493 e. The number of carbonyl (C=O) groups excluding carboxylic acids is 2. The van der Waals surface area contributed by atoms with Gasteiger partial charge in [0.05, 0.1) is 5.54 Å². The van der Waals surface area contributed by atoms with Gasteiger partial charge in [0.15, 0.2) is 6.61 Å². The van der Waals surface area contributed by atoms with Crippen LogP contribution in [0.5, 0.6) is 5.75 Å². The summed E-state index contributed by atoms with van der Waals surface area (Å²) in [5.74, 6) is -3.05. The standard InChI is InChI=1S/C15H14ClF3N2O4/c16-9-1-3-10(4-2-9)24-5-11(22)21(25-12(23)15(17,18)19)14-6-13(20,7-14)8-14/h1-4H,5-8,20H2. The Morgan fingerprint density at radius 3 is 2.24 bits per heavy atom. The Kier molecular flexibility index (Phi) is 4.11. The largest absolute Gasteiger partial charge is 0.493 e. The van der Waals surface area contributed by atoms with Gasteiger partial charge >= 0.3 is 12.1 Å². The molecule has 1 amide bonds. The molecule has 3 fully saturated rings. The molecule has 0 heterocycles. The van der Waals surface area contributed by atoms with Gasteiger partial charge in [-0.1, -0.05) is 11.6 Å². The van der Waals surface area contributed by atoms with Crippen molar-refractivity contribution in [1.29, 1.82) is 0 Å². The number of ether oxygens (including phenoxy) is 1. The lowest BCUT2D eigenvalue weighted by Gasteiger charge is -2.70. The molecule has 0 unspecified atom stereocenters. The SMILES string of the molecule is NC12CC(N(OC(=O)C(F)(F)F)C(=O)COc3ccc(Cl)cc3)(C1)C2. The Bertz CT molecular complexity index is 688. The first-order valence-electron chi connectivity index (χ1n) is 7.33. The first kappa shape index (κ1) is 17.8. The molecule has 3 saturated carbocycles. The molecule has 0 aliphatic heterocycles. The number of benzene rings is 1. The maximum atomic E-state index is 12.5. The number of alkyl halides is 3. The average Bonchev–Trinajstić information content (AvgIpc) is 2.46. The monoisotopic (exact) mass is 378 g/mol. The highest BCUT2D eigenvalue weighted by atomic mass is 35.5. The Labute approximate surface area is 145 Å². The van der Waals surface area contributed by atoms with E-state index < -0.39 is 35.7 Å². The lowest BCUT2D eigenvalue weighted by Crippen LogP contribution is -2.83. The zero-order valence-electron chi connectivity index (χ0n) is 12.8. The molecule has 1 aromatic carbocycles. The van der Waals surface area contributed by atoms with Gasteiger partial charge in [0.1, 0.15) is 5.75 Å². The second-order valence-corrected chi connectivity index (χ2v) is 6.86. The Balaban J connectivity index is 1.67. The van der Waals surface area contributed by atoms with Crippen molar-refractivity contribution in [2.45, 2.75) is 36.5 Å². The molecule has 2 bridgehead atoms. The van der Waals surface area contributed by atoms with Gasteiger partial charge in [0.2, 0.25) is 0 Å². The molecule has 3 aliphatic rings. The molecule has 25 heavy (non-hydrogen) atoms. The van der Waals surface area contributed by atoms with Crippen LogP contribution in [0.25, 0.3) is 0 Å². The molecule has 2 N–H and O–H groups in total. The van der Waals surface area contributed by atoms with Crippen molar-refractivity contribution in [3.05, 3.63) is 29.3 Å². The van der Waals surface area contributed by atoms with E-state index in [1.165, 1.54) is 24.3 Å². The van der Waals surface area contributed by atoms with Gasteiger partial charge in [-0.2, -0.15) is 18.2 Å². The molecule has 1 aromatic rings. The Morgan fingerprint density at radius 2 is 1.76 bits per heavy atom. The predicted molar refractivity (Wildman–Crippen MR) is 79.4 cm³/mol. The molecule has 0 spiro atoms. The third-order valence-corrected chi connectivity index (χ3v) is 4.53. The van der Waals surface area contributed by atoms with Crippen molar-refractivity contribution in [2.75, 3.05) is 6.61 Å². The highest BCUT2D eigenvalue weighted by Gasteiger charge is 2.71. The summed E-state index contributed by atoms with van der Waals surface area (Å²) in [7, 11) is 0. The van der Waals surface area contributed by atoms with Crippen LogP contribution in [0, 0.1) is 0 Å². The highest BCUT2D eigenvalue weighted by Crippen LogP contribution is 2.62. The fourth-order valence-corrected chi connectivity index (χ4v) is 3.43. The number of nitrogens with two attached hydrogens (primary N) is 1. The van der Waals surface area contributed by atoms with Gasteiger partial charge in [-0.05, 0) is 43.5 Å². The minimum atomic E-state index is -5.21. The second kappa shape index (κ2) is 5.77. The van der Waals surface area contributed by atoms with E-state index in [0.717, 1.165) is 0 Å². The Morgan fingerprint density at radius 1 is 1.20 bits per heavy atom. The molecule has 136 valence electrons. The van der Waals surface area contributed by atoms with Crippen LogP contribution in [0.15, 0.2) is 24.3 Å². The molecule has 0 aromatic heterocycles. The van der Waals surface area contributed by atoms with Crippen molar-refractivity contribution >= 4 is 23.5 Å². The van der Waals surface area contributed by atoms with E-state index in [1.807, 2.05) is 0 Å². The summed E-state index contributed by atoms with van der Waals surface area (Å²) >= 11 is 5.72. The van der Waals surface area contributed by atoms with E-state index in [1.54, 1.807) is 0 Å². The van der Waals surface area contributed by atoms with Crippen molar-refractivity contribution in [3.8, 4) is 5.75 Å². The summed E-state index contributed by atoms with van der Waals surface area (Å²) in [6.45, 7) is -0.591. The quantitative estimate of drug-likeness (QED) is 0.812. The van der Waals surface area contributed by atoms with E-state index in [2.05, 4.69) is 4.84 Å². The molecule has 10 heteroatoms. The molecule has 3 aliphatic carbocycles. The van der Waals surface area contributed by atoms with Crippen LogP contribution in [0.3, 0.4) is 0 Å². The van der Waals surface area contributed by atoms with E-state index in [9.17, 15) is 22.8 Å². The normalized spacial score (nSPS) is 26.9. The predicted octanol–water partition coefficient (Wildman–Crippen LogP) is 2.20. The molecule has 0 saturated heterocycles. The molecular weight excluding hydrogens is 365 g/mol. The lowest BCUT2D eigenvalue weighted by molar-refractivity contribution is -0.298. The summed E-state index contributed by atoms with van der Waals surface area (Å²) in [4.78, 5) is 27.8. The van der Waals surface area contributed by atoms with E-state index in [-0.39, 0.29) is 19.3 Å². The lowest BCUT2D eigenvalue weighted by atomic mass is 9.44. The van der Waals surface area contributed by atoms with E-state index in [4.69, 9.17) is 22.1 Å². The van der Waals surface area contributed by atoms with Crippen molar-refractivity contribution in [3.63, 3.8) is 0 Å². The molecule has 4 rings (SSSR count). The summed E-state index contributed by atoms with van der Waals surface area (Å²) in [6.07, 6.45) is -4.38. The number of hydrogen-bond donors (Lipinski definition) is 1. The zero-order valence-corrected chi connectivity index (χ0v) is 13.6. The van der Waals surface area contributed by atoms with Gasteiger partial charge in [0.25, 0.3) is 5.91 Å². The minimum absolute atomic E-state index is 0.276. The van der Waals surface area contributed by atoms with Crippen LogP contribution in [0.1, 0.15) is 19.3 Å². The fourth-order valence-electron chi connectivity index (χ4n) is 3.31. The van der Waals surface area contributed by atoms with Crippen LogP contribution in [0.4, 0.5) is 13.2 Å². The smallest absolute Gasteiger partial charge is 0.484 e. The number of carbonyl (C=O) groups is 2. The number of hydroxylamine groups is 2. The minimum Gasteiger partial charge on any atom is -0.484 e. The van der Waals surface area contributed by atoms with Crippen LogP contribution in [0.2, 0.25) is 5.02 Å². The zero-order chi connectivity index (χ0) is 18.5. The summed E-state index contributed by atoms with van der Waals surface area (Å²) < 4.78 is 42.7. The maximum absolute atomic E-state index is 12.5. The summed E-state index contributed by atoms with van der Waals surface area (Å²) in [5, 5.41) is 0.939. The Hall–Kier alpha value is -2.00. The van der Waals surface area contributed by atoms with Crippen molar-refractivity contribution in [2.24, 2.45) is 5.73 Å². The van der Waals surface area contributed by atoms with Gasteiger partial charge in [-0.3, -0.25) is 4.79 Å². The summed E-state index contributed by atoms with van der Waals surface area (Å²) in [5.41, 5.74) is 4.39. The van der Waals surface area contributed by atoms with E-state index >= 15 is 0 Å². The van der Waals surface area contributed by atoms with Crippen LogP contribution < -0.4 is 10.5 Å². The third-order valence-electron chi connectivity index (χ3n) is 4.28. The van der Waals surface area contributed by atoms with Gasteiger partial charge < -0.3 is 15.3 Å². The number of halogens is 4. The topological polar surface area (TPSA) is 81.9 Å². The second-order valence-electron chi connectivity index (χ2n) is 6.42. The number of hydrogen-bond acceptors (Lipinski definition) is 5.